The summed E-state index contributed by atoms with van der Waals surface area (Å²) in [6.45, 7) is 6.23. The van der Waals surface area contributed by atoms with E-state index in [0.717, 1.165) is 25.5 Å². The molecule has 0 aromatic carbocycles. The van der Waals surface area contributed by atoms with Gasteiger partial charge in [-0.25, -0.2) is 0 Å². The molecule has 0 aliphatic carbocycles. The van der Waals surface area contributed by atoms with Crippen molar-refractivity contribution < 1.29 is 19.2 Å². The monoisotopic (exact) mass is 505 g/mol. The lowest BCUT2D eigenvalue weighted by Crippen LogP contribution is -2.51. The number of carbonyl (C=O) groups excluding carboxylic acids is 4. The topological polar surface area (TPSA) is 197 Å². The lowest BCUT2D eigenvalue weighted by Gasteiger charge is -2.21. The van der Waals surface area contributed by atoms with Gasteiger partial charge in [-0.2, -0.15) is 0 Å². The molecule has 0 saturated carbocycles. The van der Waals surface area contributed by atoms with Crippen LogP contribution in [0.1, 0.15) is 58.6 Å². The fourth-order valence-corrected chi connectivity index (χ4v) is 3.11. The summed E-state index contributed by atoms with van der Waals surface area (Å²) < 4.78 is 1.66. The van der Waals surface area contributed by atoms with Crippen LogP contribution in [0.4, 0.5) is 0 Å². The van der Waals surface area contributed by atoms with Crippen LogP contribution in [-0.4, -0.2) is 70.5 Å². The first kappa shape index (κ1) is 30.3. The highest BCUT2D eigenvalue weighted by Crippen LogP contribution is 2.08. The maximum Gasteiger partial charge on any atom is 0.243 e. The van der Waals surface area contributed by atoms with E-state index in [1.807, 2.05) is 6.92 Å². The molecule has 1 atom stereocenters. The Hall–Kier alpha value is -3.77. The molecule has 1 rings (SSSR count). The maximum atomic E-state index is 12.5. The van der Waals surface area contributed by atoms with Crippen molar-refractivity contribution in [2.24, 2.45) is 11.7 Å². The molecule has 200 valence electrons. The molecule has 4 amide bonds. The van der Waals surface area contributed by atoms with Crippen molar-refractivity contribution in [3.63, 3.8) is 0 Å². The van der Waals surface area contributed by atoms with Gasteiger partial charge in [0.05, 0.1) is 19.3 Å². The van der Waals surface area contributed by atoms with E-state index in [2.05, 4.69) is 31.6 Å². The van der Waals surface area contributed by atoms with Gasteiger partial charge in [-0.05, 0) is 25.2 Å². The number of unbranched alkanes of at least 4 members (excludes halogenated alkanes) is 2. The largest absolute Gasteiger partial charge is 0.404 e. The molecule has 1 aromatic rings. The highest BCUT2D eigenvalue weighted by atomic mass is 16.2. The minimum absolute atomic E-state index is 0.160. The summed E-state index contributed by atoms with van der Waals surface area (Å²) in [5, 5.41) is 25.6. The Balaban J connectivity index is 2.33. The molecule has 0 spiro atoms. The van der Waals surface area contributed by atoms with Crippen LogP contribution in [0.2, 0.25) is 0 Å². The highest BCUT2D eigenvalue weighted by Gasteiger charge is 2.24. The zero-order chi connectivity index (χ0) is 26.9. The third kappa shape index (κ3) is 11.6. The Morgan fingerprint density at radius 3 is 2.39 bits per heavy atom. The average Bonchev–Trinajstić information content (AvgIpc) is 3.32. The number of allylic oxidation sites excluding steroid dienone is 1. The second-order valence-electron chi connectivity index (χ2n) is 8.58. The van der Waals surface area contributed by atoms with Crippen LogP contribution >= 0.6 is 0 Å². The van der Waals surface area contributed by atoms with E-state index in [-0.39, 0.29) is 37.2 Å². The van der Waals surface area contributed by atoms with Gasteiger partial charge in [0.1, 0.15) is 11.7 Å². The Morgan fingerprint density at radius 2 is 1.75 bits per heavy atom. The first-order valence-corrected chi connectivity index (χ1v) is 12.1. The van der Waals surface area contributed by atoms with E-state index in [4.69, 9.17) is 11.1 Å². The quantitative estimate of drug-likeness (QED) is 0.123. The van der Waals surface area contributed by atoms with E-state index < -0.39 is 17.9 Å². The van der Waals surface area contributed by atoms with Crippen LogP contribution in [-0.2, 0) is 25.7 Å². The number of carbonyl (C=O) groups is 4. The minimum atomic E-state index is -0.773. The van der Waals surface area contributed by atoms with Gasteiger partial charge >= 0.3 is 0 Å². The van der Waals surface area contributed by atoms with Crippen LogP contribution < -0.4 is 27.0 Å². The zero-order valence-corrected chi connectivity index (χ0v) is 21.3. The lowest BCUT2D eigenvalue weighted by atomic mass is 10.0. The summed E-state index contributed by atoms with van der Waals surface area (Å²) >= 11 is 0. The molecule has 0 radical (unpaired) electrons. The first-order valence-electron chi connectivity index (χ1n) is 12.1. The van der Waals surface area contributed by atoms with Crippen LogP contribution in [0.3, 0.4) is 0 Å². The summed E-state index contributed by atoms with van der Waals surface area (Å²) in [7, 11) is 0. The Kier molecular flexibility index (Phi) is 14.1. The molecule has 0 unspecified atom stereocenters. The molecule has 0 fully saturated rings. The Morgan fingerprint density at radius 1 is 1.06 bits per heavy atom. The fraction of sp³-hybridized carbons (Fsp3) is 0.609. The lowest BCUT2D eigenvalue weighted by molar-refractivity contribution is -0.131. The predicted octanol–water partition coefficient (Wildman–Crippen LogP) is -0.313. The number of nitrogens with one attached hydrogen (secondary N) is 5. The number of nitrogens with two attached hydrogens (primary N) is 1. The number of amides is 4. The number of hydrogen-bond acceptors (Lipinski definition) is 8. The van der Waals surface area contributed by atoms with E-state index in [1.165, 1.54) is 6.20 Å². The number of aryl methyl sites for hydroxylation is 1. The van der Waals surface area contributed by atoms with Crippen LogP contribution in [0, 0.1) is 11.3 Å². The molecule has 1 heterocycles. The van der Waals surface area contributed by atoms with Gasteiger partial charge in [-0.1, -0.05) is 32.4 Å². The molecule has 7 N–H and O–H groups in total. The third-order valence-electron chi connectivity index (χ3n) is 5.17. The van der Waals surface area contributed by atoms with Crippen LogP contribution in [0.5, 0.6) is 0 Å². The van der Waals surface area contributed by atoms with Crippen molar-refractivity contribution in [2.45, 2.75) is 65.5 Å². The van der Waals surface area contributed by atoms with Crippen molar-refractivity contribution in [1.82, 2.24) is 36.3 Å². The van der Waals surface area contributed by atoms with Crippen LogP contribution in [0.15, 0.2) is 12.4 Å². The van der Waals surface area contributed by atoms with Gasteiger partial charge in [-0.15, -0.1) is 5.10 Å². The molecular formula is C23H39N9O4. The van der Waals surface area contributed by atoms with Gasteiger partial charge < -0.3 is 32.4 Å². The van der Waals surface area contributed by atoms with E-state index in [9.17, 15) is 19.2 Å². The number of hydrogen-bond donors (Lipinski definition) is 6. The summed E-state index contributed by atoms with van der Waals surface area (Å²) in [6.07, 6.45) is 7.37. The van der Waals surface area contributed by atoms with Gasteiger partial charge in [0.2, 0.25) is 23.6 Å². The van der Waals surface area contributed by atoms with Gasteiger partial charge in [0.15, 0.2) is 0 Å². The van der Waals surface area contributed by atoms with Crippen LogP contribution in [0.25, 0.3) is 5.57 Å². The number of nitrogens with zero attached hydrogens (tertiary/aromatic N) is 3. The minimum Gasteiger partial charge on any atom is -0.404 e. The van der Waals surface area contributed by atoms with Crippen molar-refractivity contribution in [3.05, 3.63) is 18.1 Å². The van der Waals surface area contributed by atoms with Crippen molar-refractivity contribution in [2.75, 3.05) is 19.6 Å². The molecular weight excluding hydrogens is 466 g/mol. The summed E-state index contributed by atoms with van der Waals surface area (Å²) in [4.78, 5) is 48.3. The fourth-order valence-electron chi connectivity index (χ4n) is 3.11. The molecule has 0 aliphatic rings. The zero-order valence-electron chi connectivity index (χ0n) is 21.3. The molecule has 1 aromatic heterocycles. The van der Waals surface area contributed by atoms with Gasteiger partial charge in [-0.3, -0.25) is 23.9 Å². The summed E-state index contributed by atoms with van der Waals surface area (Å²) in [5.41, 5.74) is 6.46. The van der Waals surface area contributed by atoms with E-state index in [1.54, 1.807) is 24.7 Å². The predicted molar refractivity (Wildman–Crippen MR) is 136 cm³/mol. The molecule has 0 saturated heterocycles. The standard InChI is InChI=1S/C23H39N9O4/c1-4-9-26-20(34)13-27-21(35)14-28-23(36)22(16(2)3)29-19(33)8-6-5-7-10-32-15-18(30-31-32)17(11-24)12-25/h11-12,15-16,22,24H,4-10,13-14,25H2,1-3H3,(H,26,34)(H,27,35)(H,28,36)(H,29,33)/b17-12+,24-11?/t22-/m0/s1. The molecule has 36 heavy (non-hydrogen) atoms. The summed E-state index contributed by atoms with van der Waals surface area (Å²) in [6, 6.07) is -0.773. The highest BCUT2D eigenvalue weighted by molar-refractivity contribution is 6.07. The maximum absolute atomic E-state index is 12.5. The Labute approximate surface area is 211 Å². The van der Waals surface area contributed by atoms with Gasteiger partial charge in [0.25, 0.3) is 0 Å². The Bertz CT molecular complexity index is 911. The van der Waals surface area contributed by atoms with Crippen molar-refractivity contribution in [3.8, 4) is 0 Å². The molecule has 13 heteroatoms. The van der Waals surface area contributed by atoms with E-state index in [0.29, 0.717) is 30.8 Å². The summed E-state index contributed by atoms with van der Waals surface area (Å²) in [5.74, 6) is -1.66. The smallest absolute Gasteiger partial charge is 0.243 e. The van der Waals surface area contributed by atoms with Gasteiger partial charge in [0, 0.05) is 37.5 Å². The van der Waals surface area contributed by atoms with Crippen molar-refractivity contribution >= 4 is 35.4 Å². The third-order valence-corrected chi connectivity index (χ3v) is 5.17. The second-order valence-corrected chi connectivity index (χ2v) is 8.58. The van der Waals surface area contributed by atoms with Crippen molar-refractivity contribution in [1.29, 1.82) is 5.41 Å². The average molecular weight is 506 g/mol. The SMILES string of the molecule is CCCNC(=O)CNC(=O)CNC(=O)[C@@H](NC(=O)CCCCCn1cc(/C(C=N)=C/N)nn1)C(C)C. The second kappa shape index (κ2) is 16.8. The molecule has 13 nitrogen and oxygen atoms in total. The van der Waals surface area contributed by atoms with E-state index >= 15 is 0 Å². The normalized spacial score (nSPS) is 12.1. The number of rotatable bonds is 17. The molecule has 0 bridgehead atoms. The molecule has 0 aliphatic heterocycles. The first-order chi connectivity index (χ1) is 17.2. The number of aromatic nitrogens is 3.